The molecule has 0 fully saturated rings. The quantitative estimate of drug-likeness (QED) is 0.555. The summed E-state index contributed by atoms with van der Waals surface area (Å²) in [6.45, 7) is 1.41. The Morgan fingerprint density at radius 3 is 2.45 bits per heavy atom. The Morgan fingerprint density at radius 2 is 1.65 bits per heavy atom. The standard InChI is InChI=1S/C19H17P/c1-14-10-11-16-13-20(17-7-3-2-4-8-17)12-15-6-5-9-18(14)19(15)16/h2-11H,12-13H2,1H3/i2D,3D,4D,5D,6D,7D,8D,9D,10D,11D,12D2,13D2. The van der Waals surface area contributed by atoms with Crippen LogP contribution in [0, 0.1) is 6.92 Å². The summed E-state index contributed by atoms with van der Waals surface area (Å²) in [6, 6.07) is -6.70. The molecule has 0 bridgehead atoms. The van der Waals surface area contributed by atoms with E-state index < -0.39 is 97.0 Å². The second kappa shape index (κ2) is 4.72. The molecule has 0 aliphatic carbocycles. The maximum absolute atomic E-state index is 8.93. The third-order valence-electron chi connectivity index (χ3n) is 3.03. The summed E-state index contributed by atoms with van der Waals surface area (Å²) in [5.41, 5.74) is -0.865. The van der Waals surface area contributed by atoms with Gasteiger partial charge in [0, 0.05) is 5.48 Å². The molecule has 0 aromatic heterocycles. The fraction of sp³-hybridized carbons (Fsp3) is 0.158. The van der Waals surface area contributed by atoms with Crippen molar-refractivity contribution in [2.75, 3.05) is 0 Å². The fourth-order valence-corrected chi connectivity index (χ4v) is 3.50. The van der Waals surface area contributed by atoms with Gasteiger partial charge in [-0.25, -0.2) is 0 Å². The van der Waals surface area contributed by atoms with Gasteiger partial charge in [0.05, 0.1) is 13.7 Å². The van der Waals surface area contributed by atoms with E-state index in [-0.39, 0.29) is 16.3 Å². The van der Waals surface area contributed by atoms with Gasteiger partial charge in [0.1, 0.15) is 0 Å². The Hall–Kier alpha value is -1.65. The van der Waals surface area contributed by atoms with E-state index >= 15 is 0 Å². The predicted octanol–water partition coefficient (Wildman–Crippen LogP) is 4.97. The summed E-state index contributed by atoms with van der Waals surface area (Å²) in [5, 5.41) is -0.928. The van der Waals surface area contributed by atoms with Gasteiger partial charge in [-0.15, -0.1) is 0 Å². The zero-order valence-electron chi connectivity index (χ0n) is 24.4. The highest BCUT2D eigenvalue weighted by atomic mass is 31.1. The minimum absolute atomic E-state index is 0.0733. The van der Waals surface area contributed by atoms with Crippen molar-refractivity contribution in [1.82, 2.24) is 0 Å². The van der Waals surface area contributed by atoms with Gasteiger partial charge < -0.3 is 0 Å². The van der Waals surface area contributed by atoms with Crippen molar-refractivity contribution in [3.8, 4) is 0 Å². The maximum atomic E-state index is 8.93. The molecular weight excluding hydrogens is 259 g/mol. The lowest BCUT2D eigenvalue weighted by Crippen LogP contribution is -2.09. The van der Waals surface area contributed by atoms with Crippen LogP contribution >= 0.6 is 7.92 Å². The molecule has 0 N–H and O–H groups in total. The largest absolute Gasteiger partial charge is 0.0663 e. The Bertz CT molecular complexity index is 1330. The number of rotatable bonds is 1. The summed E-state index contributed by atoms with van der Waals surface area (Å²) < 4.78 is 118. The molecule has 0 saturated heterocycles. The van der Waals surface area contributed by atoms with Gasteiger partial charge in [0.25, 0.3) is 0 Å². The monoisotopic (exact) mass is 290 g/mol. The first-order chi connectivity index (χ1) is 15.5. The highest BCUT2D eigenvalue weighted by molar-refractivity contribution is 7.64. The highest BCUT2D eigenvalue weighted by Crippen LogP contribution is 2.49. The van der Waals surface area contributed by atoms with E-state index in [2.05, 4.69) is 0 Å². The van der Waals surface area contributed by atoms with E-state index in [4.69, 9.17) is 19.2 Å². The molecule has 1 unspecified atom stereocenters. The molecule has 20 heavy (non-hydrogen) atoms. The van der Waals surface area contributed by atoms with Crippen molar-refractivity contribution < 1.29 is 19.2 Å². The average molecular weight is 290 g/mol. The number of hydrogen-bond donors (Lipinski definition) is 0. The van der Waals surface area contributed by atoms with Crippen LogP contribution in [-0.4, -0.2) is 0 Å². The number of benzene rings is 3. The van der Waals surface area contributed by atoms with Crippen molar-refractivity contribution in [3.63, 3.8) is 0 Å². The fourth-order valence-electron chi connectivity index (χ4n) is 2.11. The zero-order chi connectivity index (χ0) is 25.8. The van der Waals surface area contributed by atoms with Crippen molar-refractivity contribution in [1.29, 1.82) is 0 Å². The van der Waals surface area contributed by atoms with Crippen LogP contribution in [0.2, 0.25) is 0 Å². The molecule has 0 saturated carbocycles. The lowest BCUT2D eigenvalue weighted by molar-refractivity contribution is 1.30. The third-order valence-corrected chi connectivity index (χ3v) is 4.60. The Labute approximate surface area is 140 Å². The molecular formula is C19H17P. The SMILES string of the molecule is [2H]c1c([2H])c([2H])c(P2C([2H])([2H])c3c([2H])c([2H])c([2H])c4c(C)c([2H])c([2H])c(c34)C2([2H])[2H])c([2H])c1[2H]. The molecule has 1 heteroatoms. The van der Waals surface area contributed by atoms with E-state index in [1.807, 2.05) is 0 Å². The summed E-state index contributed by atoms with van der Waals surface area (Å²) >= 11 is 0. The molecule has 0 spiro atoms. The molecule has 1 aliphatic rings. The molecule has 1 aliphatic heterocycles. The van der Waals surface area contributed by atoms with E-state index in [1.165, 1.54) is 6.92 Å². The van der Waals surface area contributed by atoms with E-state index in [0.717, 1.165) is 0 Å². The normalized spacial score (nSPS) is 32.4. The van der Waals surface area contributed by atoms with E-state index in [1.54, 1.807) is 0 Å². The maximum Gasteiger partial charge on any atom is 0.0629 e. The van der Waals surface area contributed by atoms with Crippen molar-refractivity contribution >= 4 is 24.0 Å². The minimum atomic E-state index is -3.03. The first-order valence-electron chi connectivity index (χ1n) is 12.9. The topological polar surface area (TPSA) is 0 Å². The Kier molecular flexibility index (Phi) is 1.04. The van der Waals surface area contributed by atoms with Crippen LogP contribution in [-0.2, 0) is 12.2 Å². The molecule has 0 amide bonds. The van der Waals surface area contributed by atoms with Crippen LogP contribution < -0.4 is 5.30 Å². The van der Waals surface area contributed by atoms with Gasteiger partial charge in [-0.3, -0.25) is 0 Å². The van der Waals surface area contributed by atoms with E-state index in [0.29, 0.717) is 0 Å². The van der Waals surface area contributed by atoms with Gasteiger partial charge in [-0.05, 0) is 51.9 Å². The molecule has 3 aromatic carbocycles. The summed E-state index contributed by atoms with van der Waals surface area (Å²) in [7, 11) is -3.03. The molecule has 1 heterocycles. The molecule has 98 valence electrons. The molecule has 3 aromatic rings. The van der Waals surface area contributed by atoms with Crippen LogP contribution in [0.25, 0.3) is 10.8 Å². The second-order valence-electron chi connectivity index (χ2n) is 4.28. The van der Waals surface area contributed by atoms with E-state index in [9.17, 15) is 0 Å². The van der Waals surface area contributed by atoms with Crippen LogP contribution in [0.4, 0.5) is 0 Å². The first kappa shape index (κ1) is 4.42. The molecule has 4 rings (SSSR count). The van der Waals surface area contributed by atoms with Gasteiger partial charge in [-0.2, -0.15) is 0 Å². The highest BCUT2D eigenvalue weighted by Gasteiger charge is 2.21. The summed E-state index contributed by atoms with van der Waals surface area (Å²) in [4.78, 5) is 0. The second-order valence-corrected chi connectivity index (χ2v) is 5.85. The lowest BCUT2D eigenvalue weighted by Gasteiger charge is -2.26. The van der Waals surface area contributed by atoms with Gasteiger partial charge in [-0.1, -0.05) is 68.3 Å². The Morgan fingerprint density at radius 1 is 0.900 bits per heavy atom. The van der Waals surface area contributed by atoms with Gasteiger partial charge in [0.2, 0.25) is 0 Å². The van der Waals surface area contributed by atoms with Crippen LogP contribution in [0.5, 0.6) is 0 Å². The van der Waals surface area contributed by atoms with Crippen molar-refractivity contribution in [3.05, 3.63) is 77.1 Å². The predicted molar refractivity (Wildman–Crippen MR) is 89.1 cm³/mol. The molecule has 0 nitrogen and oxygen atoms in total. The molecule has 0 radical (unpaired) electrons. The van der Waals surface area contributed by atoms with Gasteiger partial charge >= 0.3 is 0 Å². The lowest BCUT2D eigenvalue weighted by atomic mass is 9.97. The van der Waals surface area contributed by atoms with Crippen molar-refractivity contribution in [2.24, 2.45) is 0 Å². The average Bonchev–Trinajstić information content (AvgIpc) is 2.74. The van der Waals surface area contributed by atoms with Crippen LogP contribution in [0.3, 0.4) is 0 Å². The minimum Gasteiger partial charge on any atom is -0.0663 e. The van der Waals surface area contributed by atoms with Gasteiger partial charge in [0.15, 0.2) is 0 Å². The van der Waals surface area contributed by atoms with Crippen molar-refractivity contribution in [2.45, 2.75) is 19.2 Å². The first-order valence-corrected chi connectivity index (χ1v) is 7.26. The summed E-state index contributed by atoms with van der Waals surface area (Å²) in [6.07, 6.45) is -5.61. The number of hydrogen-bond acceptors (Lipinski definition) is 0. The number of aryl methyl sites for hydroxylation is 1. The zero-order valence-corrected chi connectivity index (χ0v) is 11.3. The van der Waals surface area contributed by atoms with Crippen LogP contribution in [0.15, 0.2) is 60.4 Å². The summed E-state index contributed by atoms with van der Waals surface area (Å²) in [5.74, 6) is 0. The van der Waals surface area contributed by atoms with Crippen LogP contribution in [0.1, 0.15) is 35.9 Å². The Balaban J connectivity index is 2.31. The smallest absolute Gasteiger partial charge is 0.0629 e. The molecule has 1 atom stereocenters. The third kappa shape index (κ3) is 1.87.